The molecule has 2 aromatic rings. The number of pyridine rings is 1. The van der Waals surface area contributed by atoms with E-state index >= 15 is 0 Å². The van der Waals surface area contributed by atoms with Gasteiger partial charge in [0, 0.05) is 19.0 Å². The first-order valence-corrected chi connectivity index (χ1v) is 12.8. The zero-order valence-corrected chi connectivity index (χ0v) is 20.6. The first-order valence-electron chi connectivity index (χ1n) is 11.2. The van der Waals surface area contributed by atoms with E-state index in [-0.39, 0.29) is 22.8 Å². The second-order valence-corrected chi connectivity index (χ2v) is 10.4. The molecule has 0 atom stereocenters. The van der Waals surface area contributed by atoms with Gasteiger partial charge in [0.15, 0.2) is 0 Å². The predicted molar refractivity (Wildman–Crippen MR) is 126 cm³/mol. The van der Waals surface area contributed by atoms with E-state index in [2.05, 4.69) is 15.8 Å². The number of nitriles is 1. The zero-order chi connectivity index (χ0) is 25.8. The predicted octanol–water partition coefficient (Wildman–Crippen LogP) is 2.83. The van der Waals surface area contributed by atoms with Crippen LogP contribution >= 0.6 is 0 Å². The third-order valence-corrected chi connectivity index (χ3v) is 6.77. The van der Waals surface area contributed by atoms with Crippen LogP contribution in [0.2, 0.25) is 0 Å². The minimum atomic E-state index is -3.98. The molecule has 0 aliphatic carbocycles. The van der Waals surface area contributed by atoms with Crippen molar-refractivity contribution in [1.82, 2.24) is 9.71 Å². The summed E-state index contributed by atoms with van der Waals surface area (Å²) in [6.07, 6.45) is 0.392. The standard InChI is InChI=1S/C24H27FN4O5S/c1-15(2)34-24(31)21-12-19(13-26)22(27-16(21)3)29-9-7-18(8-10-29)23(30)28-35(32,33)14-17-5-4-6-20(25)11-17/h4-6,11-12,15,18H,7-10,14H2,1-3H3,(H,28,30). The molecule has 186 valence electrons. The van der Waals surface area contributed by atoms with Gasteiger partial charge in [-0.05, 0) is 57.4 Å². The summed E-state index contributed by atoms with van der Waals surface area (Å²) in [5.74, 6) is -2.36. The Bertz CT molecular complexity index is 1270. The summed E-state index contributed by atoms with van der Waals surface area (Å²) >= 11 is 0. The van der Waals surface area contributed by atoms with Crippen LogP contribution in [0.5, 0.6) is 0 Å². The molecule has 1 aromatic heterocycles. The Morgan fingerprint density at radius 2 is 1.97 bits per heavy atom. The van der Waals surface area contributed by atoms with Gasteiger partial charge in [-0.15, -0.1) is 0 Å². The maximum atomic E-state index is 13.3. The number of nitrogens with zero attached hydrogens (tertiary/aromatic N) is 3. The average molecular weight is 503 g/mol. The molecule has 3 rings (SSSR count). The summed E-state index contributed by atoms with van der Waals surface area (Å²) < 4.78 is 45.4. The van der Waals surface area contributed by atoms with Crippen LogP contribution in [0.4, 0.5) is 10.2 Å². The highest BCUT2D eigenvalue weighted by Gasteiger charge is 2.30. The molecule has 1 amide bonds. The molecule has 1 fully saturated rings. The molecule has 1 aliphatic heterocycles. The van der Waals surface area contributed by atoms with E-state index in [1.54, 1.807) is 20.8 Å². The summed E-state index contributed by atoms with van der Waals surface area (Å²) in [6.45, 7) is 5.86. The average Bonchev–Trinajstić information content (AvgIpc) is 2.77. The molecule has 35 heavy (non-hydrogen) atoms. The quantitative estimate of drug-likeness (QED) is 0.572. The first-order chi connectivity index (χ1) is 16.5. The number of aromatic nitrogens is 1. The monoisotopic (exact) mass is 502 g/mol. The number of hydrogen-bond acceptors (Lipinski definition) is 8. The number of carbonyl (C=O) groups excluding carboxylic acids is 2. The van der Waals surface area contributed by atoms with Crippen molar-refractivity contribution in [3.8, 4) is 6.07 Å². The Morgan fingerprint density at radius 3 is 2.57 bits per heavy atom. The van der Waals surface area contributed by atoms with Crippen molar-refractivity contribution in [1.29, 1.82) is 5.26 Å². The molecule has 11 heteroatoms. The van der Waals surface area contributed by atoms with Crippen molar-refractivity contribution in [3.63, 3.8) is 0 Å². The van der Waals surface area contributed by atoms with Crippen LogP contribution in [0.25, 0.3) is 0 Å². The summed E-state index contributed by atoms with van der Waals surface area (Å²) in [7, 11) is -3.98. The fourth-order valence-corrected chi connectivity index (χ4v) is 5.04. The minimum absolute atomic E-state index is 0.215. The van der Waals surface area contributed by atoms with Crippen molar-refractivity contribution < 1.29 is 27.1 Å². The Morgan fingerprint density at radius 1 is 1.29 bits per heavy atom. The van der Waals surface area contributed by atoms with Crippen LogP contribution in [0.1, 0.15) is 53.9 Å². The highest BCUT2D eigenvalue weighted by molar-refractivity contribution is 7.89. The van der Waals surface area contributed by atoms with Gasteiger partial charge in [0.1, 0.15) is 17.7 Å². The van der Waals surface area contributed by atoms with Gasteiger partial charge in [-0.3, -0.25) is 9.52 Å². The van der Waals surface area contributed by atoms with Gasteiger partial charge in [0.05, 0.1) is 28.7 Å². The Labute approximate surface area is 204 Å². The molecule has 0 unspecified atom stereocenters. The third-order valence-electron chi connectivity index (χ3n) is 5.54. The number of anilines is 1. The number of rotatable bonds is 7. The molecule has 0 spiro atoms. The number of amides is 1. The number of benzene rings is 1. The summed E-state index contributed by atoms with van der Waals surface area (Å²) in [6, 6.07) is 8.72. The van der Waals surface area contributed by atoms with Crippen molar-refractivity contribution >= 4 is 27.7 Å². The van der Waals surface area contributed by atoms with Crippen LogP contribution in [0, 0.1) is 30.0 Å². The molecule has 0 bridgehead atoms. The lowest BCUT2D eigenvalue weighted by atomic mass is 9.96. The van der Waals surface area contributed by atoms with Crippen LogP contribution in [-0.4, -0.2) is 44.5 Å². The number of carbonyl (C=O) groups is 2. The van der Waals surface area contributed by atoms with E-state index in [4.69, 9.17) is 4.74 Å². The number of nitrogens with one attached hydrogen (secondary N) is 1. The largest absolute Gasteiger partial charge is 0.459 e. The van der Waals surface area contributed by atoms with Gasteiger partial charge >= 0.3 is 5.97 Å². The van der Waals surface area contributed by atoms with E-state index in [1.165, 1.54) is 24.3 Å². The Kier molecular flexibility index (Phi) is 8.07. The minimum Gasteiger partial charge on any atom is -0.459 e. The van der Waals surface area contributed by atoms with E-state index in [1.807, 2.05) is 4.90 Å². The number of aryl methyl sites for hydroxylation is 1. The van der Waals surface area contributed by atoms with Gasteiger partial charge in [-0.25, -0.2) is 22.6 Å². The van der Waals surface area contributed by atoms with Gasteiger partial charge in [0.2, 0.25) is 15.9 Å². The van der Waals surface area contributed by atoms with Crippen molar-refractivity contribution in [2.75, 3.05) is 18.0 Å². The van der Waals surface area contributed by atoms with Crippen molar-refractivity contribution in [2.24, 2.45) is 5.92 Å². The fraction of sp³-hybridized carbons (Fsp3) is 0.417. The number of sulfonamides is 1. The van der Waals surface area contributed by atoms with Gasteiger partial charge in [-0.2, -0.15) is 5.26 Å². The SMILES string of the molecule is Cc1nc(N2CCC(C(=O)NS(=O)(=O)Cc3cccc(F)c3)CC2)c(C#N)cc1C(=O)OC(C)C. The Balaban J connectivity index is 1.65. The van der Waals surface area contributed by atoms with Crippen LogP contribution in [-0.2, 0) is 25.3 Å². The molecule has 0 saturated carbocycles. The van der Waals surface area contributed by atoms with Crippen molar-refractivity contribution in [2.45, 2.75) is 45.5 Å². The summed E-state index contributed by atoms with van der Waals surface area (Å²) in [5.41, 5.74) is 1.10. The fourth-order valence-electron chi connectivity index (χ4n) is 3.87. The maximum absolute atomic E-state index is 13.3. The molecule has 2 heterocycles. The number of esters is 1. The molecular formula is C24H27FN4O5S. The Hall–Kier alpha value is -3.52. The highest BCUT2D eigenvalue weighted by Crippen LogP contribution is 2.27. The van der Waals surface area contributed by atoms with Gasteiger partial charge < -0.3 is 9.64 Å². The lowest BCUT2D eigenvalue weighted by molar-refractivity contribution is -0.123. The molecule has 1 aromatic carbocycles. The molecule has 1 aliphatic rings. The molecule has 1 saturated heterocycles. The zero-order valence-electron chi connectivity index (χ0n) is 19.7. The summed E-state index contributed by atoms with van der Waals surface area (Å²) in [4.78, 5) is 31.2. The highest BCUT2D eigenvalue weighted by atomic mass is 32.2. The topological polar surface area (TPSA) is 129 Å². The lowest BCUT2D eigenvalue weighted by Crippen LogP contribution is -2.43. The van der Waals surface area contributed by atoms with Gasteiger partial charge in [0.25, 0.3) is 0 Å². The normalized spacial score (nSPS) is 14.5. The van der Waals surface area contributed by atoms with E-state index < -0.39 is 39.4 Å². The smallest absolute Gasteiger partial charge is 0.340 e. The van der Waals surface area contributed by atoms with Crippen LogP contribution < -0.4 is 9.62 Å². The van der Waals surface area contributed by atoms with Crippen molar-refractivity contribution in [3.05, 3.63) is 58.5 Å². The maximum Gasteiger partial charge on any atom is 0.340 e. The number of halogens is 1. The molecule has 9 nitrogen and oxygen atoms in total. The number of piperidine rings is 1. The lowest BCUT2D eigenvalue weighted by Gasteiger charge is -2.32. The summed E-state index contributed by atoms with van der Waals surface area (Å²) in [5, 5.41) is 9.61. The second kappa shape index (κ2) is 10.8. The third kappa shape index (κ3) is 6.76. The van der Waals surface area contributed by atoms with Gasteiger partial charge in [-0.1, -0.05) is 12.1 Å². The molecule has 1 N–H and O–H groups in total. The van der Waals surface area contributed by atoms with E-state index in [9.17, 15) is 27.7 Å². The van der Waals surface area contributed by atoms with Crippen LogP contribution in [0.3, 0.4) is 0 Å². The van der Waals surface area contributed by atoms with Crippen LogP contribution in [0.15, 0.2) is 30.3 Å². The molecular weight excluding hydrogens is 475 g/mol. The first kappa shape index (κ1) is 26.1. The second-order valence-electron chi connectivity index (χ2n) is 8.68. The van der Waals surface area contributed by atoms with E-state index in [0.717, 1.165) is 6.07 Å². The number of hydrogen-bond donors (Lipinski definition) is 1. The molecule has 0 radical (unpaired) electrons. The van der Waals surface area contributed by atoms with E-state index in [0.29, 0.717) is 37.4 Å². The number of ether oxygens (including phenoxy) is 1.